The Morgan fingerprint density at radius 2 is 2.00 bits per heavy atom. The van der Waals surface area contributed by atoms with Crippen molar-refractivity contribution in [2.24, 2.45) is 13.0 Å². The minimum absolute atomic E-state index is 0.854. The average Bonchev–Trinajstić information content (AvgIpc) is 2.74. The van der Waals surface area contributed by atoms with Crippen molar-refractivity contribution in [1.29, 1.82) is 0 Å². The number of likely N-dealkylation sites (tertiary alicyclic amines) is 1. The van der Waals surface area contributed by atoms with Gasteiger partial charge >= 0.3 is 0 Å². The smallest absolute Gasteiger partial charge is 0.0767 e. The summed E-state index contributed by atoms with van der Waals surface area (Å²) in [5.74, 6) is 0.854. The molecule has 4 nitrogen and oxygen atoms in total. The molecular weight excluding hydrogens is 316 g/mol. The van der Waals surface area contributed by atoms with Gasteiger partial charge in [0.25, 0.3) is 0 Å². The van der Waals surface area contributed by atoms with E-state index in [4.69, 9.17) is 0 Å². The second-order valence-corrected chi connectivity index (χ2v) is 6.50. The predicted octanol–water partition coefficient (Wildman–Crippen LogP) is 2.57. The highest BCUT2D eigenvalue weighted by Gasteiger charge is 2.21. The van der Waals surface area contributed by atoms with E-state index in [-0.39, 0.29) is 0 Å². The number of piperidine rings is 1. The summed E-state index contributed by atoms with van der Waals surface area (Å²) < 4.78 is 3.24. The third-order valence-electron chi connectivity index (χ3n) is 4.27. The summed E-state index contributed by atoms with van der Waals surface area (Å²) >= 11 is 3.72. The number of aryl methyl sites for hydroxylation is 2. The van der Waals surface area contributed by atoms with Crippen molar-refractivity contribution < 1.29 is 0 Å². The van der Waals surface area contributed by atoms with E-state index < -0.39 is 0 Å². The second kappa shape index (κ2) is 7.57. The fourth-order valence-corrected chi connectivity index (χ4v) is 3.64. The van der Waals surface area contributed by atoms with Crippen LogP contribution in [-0.4, -0.2) is 40.9 Å². The molecule has 1 N–H and O–H groups in total. The molecule has 0 amide bonds. The first-order valence-electron chi connectivity index (χ1n) is 7.79. The minimum Gasteiger partial charge on any atom is -0.317 e. The molecule has 1 aromatic rings. The normalized spacial score (nSPS) is 17.8. The molecule has 0 atom stereocenters. The van der Waals surface area contributed by atoms with E-state index in [0.29, 0.717) is 0 Å². The van der Waals surface area contributed by atoms with Crippen LogP contribution in [0, 0.1) is 5.92 Å². The van der Waals surface area contributed by atoms with Crippen molar-refractivity contribution in [2.45, 2.75) is 39.7 Å². The highest BCUT2D eigenvalue weighted by atomic mass is 79.9. The summed E-state index contributed by atoms with van der Waals surface area (Å²) in [6, 6.07) is 0. The molecule has 1 aliphatic heterocycles. The molecule has 0 saturated carbocycles. The molecule has 1 saturated heterocycles. The lowest BCUT2D eigenvalue weighted by Crippen LogP contribution is -2.37. The number of nitrogens with one attached hydrogen (secondary N) is 1. The molecule has 1 fully saturated rings. The number of hydrogen-bond donors (Lipinski definition) is 1. The van der Waals surface area contributed by atoms with Crippen LogP contribution < -0.4 is 5.32 Å². The Labute approximate surface area is 131 Å². The van der Waals surface area contributed by atoms with Crippen molar-refractivity contribution in [3.8, 4) is 0 Å². The lowest BCUT2D eigenvalue weighted by molar-refractivity contribution is 0.172. The van der Waals surface area contributed by atoms with Gasteiger partial charge in [0.1, 0.15) is 0 Å². The van der Waals surface area contributed by atoms with Gasteiger partial charge in [-0.05, 0) is 67.3 Å². The molecule has 0 bridgehead atoms. The summed E-state index contributed by atoms with van der Waals surface area (Å²) in [5, 5.41) is 8.05. The monoisotopic (exact) mass is 342 g/mol. The first-order valence-corrected chi connectivity index (χ1v) is 8.58. The zero-order valence-electron chi connectivity index (χ0n) is 13.0. The van der Waals surface area contributed by atoms with Crippen LogP contribution in [0.3, 0.4) is 0 Å². The maximum absolute atomic E-state index is 4.58. The SMILES string of the molecule is CCNCC1CCN(Cc2c(Br)c(CC)nn2C)CC1. The number of halogens is 1. The van der Waals surface area contributed by atoms with E-state index in [9.17, 15) is 0 Å². The van der Waals surface area contributed by atoms with E-state index in [2.05, 4.69) is 52.1 Å². The Kier molecular flexibility index (Phi) is 6.05. The second-order valence-electron chi connectivity index (χ2n) is 5.71. The minimum atomic E-state index is 0.854. The first-order chi connectivity index (χ1) is 9.65. The van der Waals surface area contributed by atoms with Crippen molar-refractivity contribution >= 4 is 15.9 Å². The van der Waals surface area contributed by atoms with Gasteiger partial charge in [-0.2, -0.15) is 5.10 Å². The molecule has 5 heteroatoms. The van der Waals surface area contributed by atoms with Crippen LogP contribution in [0.5, 0.6) is 0 Å². The molecule has 0 aromatic carbocycles. The van der Waals surface area contributed by atoms with Crippen molar-refractivity contribution in [3.05, 3.63) is 15.9 Å². The molecule has 1 aromatic heterocycles. The quantitative estimate of drug-likeness (QED) is 0.862. The zero-order valence-corrected chi connectivity index (χ0v) is 14.5. The predicted molar refractivity (Wildman–Crippen MR) is 86.8 cm³/mol. The lowest BCUT2D eigenvalue weighted by atomic mass is 9.96. The fraction of sp³-hybridized carbons (Fsp3) is 0.800. The summed E-state index contributed by atoms with van der Waals surface area (Å²) in [4.78, 5) is 2.56. The number of nitrogens with zero attached hydrogens (tertiary/aromatic N) is 3. The van der Waals surface area contributed by atoms with Crippen LogP contribution in [0.2, 0.25) is 0 Å². The number of aromatic nitrogens is 2. The van der Waals surface area contributed by atoms with E-state index >= 15 is 0 Å². The topological polar surface area (TPSA) is 33.1 Å². The number of hydrogen-bond acceptors (Lipinski definition) is 3. The molecule has 0 radical (unpaired) electrons. The number of rotatable bonds is 6. The van der Waals surface area contributed by atoms with E-state index in [0.717, 1.165) is 25.4 Å². The van der Waals surface area contributed by atoms with Crippen LogP contribution in [0.15, 0.2) is 4.47 Å². The molecule has 0 aliphatic carbocycles. The Bertz CT molecular complexity index is 422. The van der Waals surface area contributed by atoms with E-state index in [1.165, 1.54) is 48.3 Å². The van der Waals surface area contributed by atoms with Gasteiger partial charge in [-0.25, -0.2) is 0 Å². The molecule has 20 heavy (non-hydrogen) atoms. The van der Waals surface area contributed by atoms with Gasteiger partial charge in [-0.15, -0.1) is 0 Å². The van der Waals surface area contributed by atoms with E-state index in [1.54, 1.807) is 0 Å². The molecule has 0 spiro atoms. The summed E-state index contributed by atoms with van der Waals surface area (Å²) in [5.41, 5.74) is 2.48. The van der Waals surface area contributed by atoms with Crippen molar-refractivity contribution in [1.82, 2.24) is 20.0 Å². The molecule has 1 aliphatic rings. The van der Waals surface area contributed by atoms with Gasteiger partial charge in [0.05, 0.1) is 15.9 Å². The van der Waals surface area contributed by atoms with Crippen LogP contribution in [0.25, 0.3) is 0 Å². The van der Waals surface area contributed by atoms with Gasteiger partial charge in [-0.3, -0.25) is 9.58 Å². The maximum Gasteiger partial charge on any atom is 0.0767 e. The largest absolute Gasteiger partial charge is 0.317 e. The fourth-order valence-electron chi connectivity index (χ4n) is 2.90. The Morgan fingerprint density at radius 1 is 1.30 bits per heavy atom. The van der Waals surface area contributed by atoms with Gasteiger partial charge in [0, 0.05) is 13.6 Å². The van der Waals surface area contributed by atoms with Crippen LogP contribution in [0.4, 0.5) is 0 Å². The van der Waals surface area contributed by atoms with Crippen LogP contribution in [-0.2, 0) is 20.0 Å². The zero-order chi connectivity index (χ0) is 14.5. The first kappa shape index (κ1) is 16.0. The van der Waals surface area contributed by atoms with Crippen LogP contribution >= 0.6 is 15.9 Å². The van der Waals surface area contributed by atoms with Gasteiger partial charge in [0.15, 0.2) is 0 Å². The van der Waals surface area contributed by atoms with Crippen LogP contribution in [0.1, 0.15) is 38.1 Å². The van der Waals surface area contributed by atoms with Crippen molar-refractivity contribution in [2.75, 3.05) is 26.2 Å². The molecule has 2 heterocycles. The molecule has 2 rings (SSSR count). The summed E-state index contributed by atoms with van der Waals surface area (Å²) in [7, 11) is 2.05. The Morgan fingerprint density at radius 3 is 2.55 bits per heavy atom. The summed E-state index contributed by atoms with van der Waals surface area (Å²) in [6.07, 6.45) is 3.60. The van der Waals surface area contributed by atoms with E-state index in [1.807, 2.05) is 4.68 Å². The van der Waals surface area contributed by atoms with Crippen molar-refractivity contribution in [3.63, 3.8) is 0 Å². The lowest BCUT2D eigenvalue weighted by Gasteiger charge is -2.32. The van der Waals surface area contributed by atoms with Gasteiger partial charge in [-0.1, -0.05) is 13.8 Å². The Balaban J connectivity index is 1.88. The molecular formula is C15H27BrN4. The highest BCUT2D eigenvalue weighted by molar-refractivity contribution is 9.10. The standard InChI is InChI=1S/C15H27BrN4/c1-4-13-15(16)14(19(3)18-13)11-20-8-6-12(7-9-20)10-17-5-2/h12,17H,4-11H2,1-3H3. The highest BCUT2D eigenvalue weighted by Crippen LogP contribution is 2.25. The average molecular weight is 343 g/mol. The Hall–Kier alpha value is -0.390. The third-order valence-corrected chi connectivity index (χ3v) is 5.18. The van der Waals surface area contributed by atoms with Gasteiger partial charge < -0.3 is 5.32 Å². The third kappa shape index (κ3) is 3.83. The van der Waals surface area contributed by atoms with Gasteiger partial charge in [0.2, 0.25) is 0 Å². The summed E-state index contributed by atoms with van der Waals surface area (Å²) in [6.45, 7) is 10.0. The molecule has 0 unspecified atom stereocenters. The molecule has 114 valence electrons. The maximum atomic E-state index is 4.58.